The van der Waals surface area contributed by atoms with Crippen molar-refractivity contribution < 1.29 is 86.7 Å². The number of aliphatic hydroxyl groups excluding tert-OH is 2. The normalized spacial score (nSPS) is 17.8. The molecule has 2 aliphatic rings. The van der Waals surface area contributed by atoms with Gasteiger partial charge in [0.05, 0.1) is 36.4 Å². The van der Waals surface area contributed by atoms with E-state index >= 15 is 0 Å². The van der Waals surface area contributed by atoms with Crippen LogP contribution >= 0.6 is 0 Å². The number of nitrogens with two attached hydrogens (primary N) is 6. The number of ketones is 6. The Morgan fingerprint density at radius 1 is 0.453 bits per heavy atom. The Balaban J connectivity index is 0.000000454. The lowest BCUT2D eigenvalue weighted by Gasteiger charge is -2.32. The quantitative estimate of drug-likeness (QED) is 0.0187. The molecule has 8 bridgehead atoms. The summed E-state index contributed by atoms with van der Waals surface area (Å²) in [5.74, 6) is -8.22. The lowest BCUT2D eigenvalue weighted by molar-refractivity contribution is -0.144. The van der Waals surface area contributed by atoms with E-state index in [2.05, 4.69) is 35.1 Å². The molecule has 0 aromatic heterocycles. The summed E-state index contributed by atoms with van der Waals surface area (Å²) in [4.78, 5) is 169. The third-order valence-electron chi connectivity index (χ3n) is 23.0. The molecule has 12 atom stereocenters. The molecule has 6 rings (SSSR count). The molecule has 2 unspecified atom stereocenters. The van der Waals surface area contributed by atoms with Gasteiger partial charge in [0, 0.05) is 150 Å². The number of rotatable bonds is 52. The summed E-state index contributed by atoms with van der Waals surface area (Å²) in [7, 11) is 2.89. The minimum Gasteiger partial charge on any atom is -0.492 e. The number of hydrogen-bond donors (Lipinski definition) is 12. The van der Waals surface area contributed by atoms with Gasteiger partial charge >= 0.3 is 0 Å². The van der Waals surface area contributed by atoms with Crippen LogP contribution in [-0.2, 0) is 70.4 Å². The van der Waals surface area contributed by atoms with Crippen molar-refractivity contribution in [2.24, 2.45) is 58.1 Å². The molecule has 6 amide bonds. The zero-order chi connectivity index (χ0) is 94.4. The first-order chi connectivity index (χ1) is 61.4. The number of Topliss-reactive ketones (excluding diaryl/α,β-unsaturated/α-hetero) is 6. The van der Waals surface area contributed by atoms with E-state index in [4.69, 9.17) is 53.3 Å². The molecule has 704 valence electrons. The molecule has 32 nitrogen and oxygen atoms in total. The highest BCUT2D eigenvalue weighted by atomic mass is 16.5. The fraction of sp³-hybridized carbons (Fsp3) is 0.604. The number of carbonyl (C=O) groups excluding carboxylic acids is 12. The smallest absolute Gasteiger partial charge is 0.226 e. The SMILES string of the molecule is CCCCCCCCCC(=O)N[C@@H](C(=O)C[C@@H](CCN)C(=O)N(C)[C@@H]1C(=O)C[C@@H](C)C(=O)N[C@H](C(=O)CCC#N)Cc2ccc(OCCN)c(c2)-c2cc1ccc2OCCN)C(C)O.CCCCCCCCCC(=O)N[C@H](C(=O)C[C@@H](CCN)C(=O)N(C)[C@@H]1C(=O)C[C@@H](C)C(=O)N[C@H](C(=O)CCC#N)Cc2ccc(OCCN)c(c2)-c2cc1ccc2OCCN)C(C)O. The van der Waals surface area contributed by atoms with Crippen LogP contribution in [0.5, 0.6) is 23.0 Å². The van der Waals surface area contributed by atoms with Crippen molar-refractivity contribution in [3.8, 4) is 57.4 Å². The fourth-order valence-corrected chi connectivity index (χ4v) is 15.9. The van der Waals surface area contributed by atoms with Gasteiger partial charge in [0.1, 0.15) is 73.6 Å². The van der Waals surface area contributed by atoms with Crippen LogP contribution < -0.4 is 74.6 Å². The molecule has 2 heterocycles. The number of carbonyl (C=O) groups is 12. The average molecular weight is 1780 g/mol. The molecule has 4 aromatic carbocycles. The van der Waals surface area contributed by atoms with E-state index in [1.165, 1.54) is 50.6 Å². The number of nitriles is 2. The Bertz CT molecular complexity index is 4100. The third-order valence-corrected chi connectivity index (χ3v) is 23.0. The summed E-state index contributed by atoms with van der Waals surface area (Å²) in [5.41, 5.74) is 39.4. The van der Waals surface area contributed by atoms with Crippen molar-refractivity contribution in [2.75, 3.05) is 79.8 Å². The van der Waals surface area contributed by atoms with Crippen LogP contribution in [0.3, 0.4) is 0 Å². The highest BCUT2D eigenvalue weighted by Gasteiger charge is 2.41. The van der Waals surface area contributed by atoms with Crippen molar-refractivity contribution in [3.05, 3.63) is 95.1 Å². The predicted octanol–water partition coefficient (Wildman–Crippen LogP) is 7.94. The van der Waals surface area contributed by atoms with Crippen LogP contribution in [0, 0.1) is 46.3 Å². The van der Waals surface area contributed by atoms with Gasteiger partial charge in [-0.1, -0.05) is 129 Å². The molecule has 0 fully saturated rings. The Labute approximate surface area is 754 Å². The molecule has 0 spiro atoms. The van der Waals surface area contributed by atoms with Crippen molar-refractivity contribution in [3.63, 3.8) is 0 Å². The summed E-state index contributed by atoms with van der Waals surface area (Å²) in [6, 6.07) is 17.4. The molecule has 0 radical (unpaired) electrons. The van der Waals surface area contributed by atoms with Gasteiger partial charge in [-0.25, -0.2) is 0 Å². The number of hydrogen-bond acceptors (Lipinski definition) is 26. The first kappa shape index (κ1) is 108. The van der Waals surface area contributed by atoms with Gasteiger partial charge in [0.2, 0.25) is 35.4 Å². The van der Waals surface area contributed by atoms with Crippen molar-refractivity contribution in [1.82, 2.24) is 31.1 Å². The van der Waals surface area contributed by atoms with Gasteiger partial charge in [-0.05, 0) is 136 Å². The number of ether oxygens (including phenoxy) is 4. The van der Waals surface area contributed by atoms with E-state index in [0.717, 1.165) is 64.2 Å². The summed E-state index contributed by atoms with van der Waals surface area (Å²) < 4.78 is 24.4. The van der Waals surface area contributed by atoms with Gasteiger partial charge in [-0.15, -0.1) is 0 Å². The zero-order valence-corrected chi connectivity index (χ0v) is 76.4. The van der Waals surface area contributed by atoms with Crippen molar-refractivity contribution in [1.29, 1.82) is 10.5 Å². The average Bonchev–Trinajstić information content (AvgIpc) is 0.781. The lowest BCUT2D eigenvalue weighted by Crippen LogP contribution is -2.49. The van der Waals surface area contributed by atoms with Gasteiger partial charge in [0.15, 0.2) is 34.7 Å². The molecule has 0 saturated carbocycles. The maximum absolute atomic E-state index is 14.7. The van der Waals surface area contributed by atoms with Gasteiger partial charge in [-0.3, -0.25) is 57.5 Å². The topological polar surface area (TPSA) is 541 Å². The van der Waals surface area contributed by atoms with Gasteiger partial charge < -0.3 is 94.6 Å². The third kappa shape index (κ3) is 34.5. The number of nitrogens with zero attached hydrogens (tertiary/aromatic N) is 4. The number of likely N-dealkylation sites (N-methyl/N-ethyl adjacent to an activating group) is 2. The number of aliphatic hydroxyl groups is 2. The lowest BCUT2D eigenvalue weighted by atomic mass is 9.88. The predicted molar refractivity (Wildman–Crippen MR) is 488 cm³/mol. The van der Waals surface area contributed by atoms with E-state index < -0.39 is 119 Å². The number of fused-ring (bicyclic) bond motifs is 10. The summed E-state index contributed by atoms with van der Waals surface area (Å²) in [6.45, 7) is 11.7. The minimum absolute atomic E-state index is 0.0187. The van der Waals surface area contributed by atoms with Gasteiger partial charge in [-0.2, -0.15) is 10.5 Å². The monoisotopic (exact) mass is 1780 g/mol. The number of amides is 6. The zero-order valence-electron chi connectivity index (χ0n) is 76.4. The summed E-state index contributed by atoms with van der Waals surface area (Å²) in [5, 5.41) is 50.7. The Kier molecular flexibility index (Phi) is 49.2. The van der Waals surface area contributed by atoms with Crippen LogP contribution in [0.25, 0.3) is 22.3 Å². The second-order valence-electron chi connectivity index (χ2n) is 33.6. The minimum atomic E-state index is -1.29. The standard InChI is InChI=1S/2C48H71N7O9/c2*1-5-6-7-8-9-10-11-14-44(60)54-45(32(3)56)40(58)30-35(19-21-50)48(62)55(4)46-34-16-18-43(64-25-23-52)37(29-34)36-27-33(15-17-42(36)63-24-22-51)28-38(39(57)13-12-20-49)53-47(61)31(2)26-41(46)59/h2*15-18,27,29,31-32,35,38,45-46,56H,5-14,19,21-26,28,30,50-52H2,1-4H3,(H,53,61)(H,54,60)/t31-,32?,35-,38+,45+,46+;31-,32?,35-,38+,45-,46+/m11/s1. The van der Waals surface area contributed by atoms with E-state index in [1.807, 2.05) is 12.1 Å². The Morgan fingerprint density at radius 3 is 1.07 bits per heavy atom. The van der Waals surface area contributed by atoms with Crippen molar-refractivity contribution >= 4 is 70.1 Å². The van der Waals surface area contributed by atoms with Crippen LogP contribution in [0.15, 0.2) is 72.8 Å². The number of benzene rings is 4. The van der Waals surface area contributed by atoms with Crippen LogP contribution in [0.1, 0.15) is 243 Å². The highest BCUT2D eigenvalue weighted by Crippen LogP contribution is 2.44. The number of nitrogens with one attached hydrogen (secondary N) is 4. The summed E-state index contributed by atoms with van der Waals surface area (Å²) >= 11 is 0. The maximum Gasteiger partial charge on any atom is 0.226 e. The molecule has 0 aliphatic carbocycles. The van der Waals surface area contributed by atoms with Crippen LogP contribution in [-0.4, -0.2) is 206 Å². The second kappa shape index (κ2) is 58.2. The van der Waals surface area contributed by atoms with Crippen molar-refractivity contribution in [2.45, 2.75) is 270 Å². The van der Waals surface area contributed by atoms with E-state index in [-0.39, 0.29) is 179 Å². The molecule has 0 saturated heterocycles. The Hall–Kier alpha value is -10.4. The first-order valence-corrected chi connectivity index (χ1v) is 45.7. The van der Waals surface area contributed by atoms with Gasteiger partial charge in [0.25, 0.3) is 0 Å². The van der Waals surface area contributed by atoms with Crippen LogP contribution in [0.4, 0.5) is 0 Å². The summed E-state index contributed by atoms with van der Waals surface area (Å²) in [6.07, 6.45) is 10.7. The largest absolute Gasteiger partial charge is 0.492 e. The maximum atomic E-state index is 14.7. The second-order valence-corrected chi connectivity index (χ2v) is 33.6. The molecular weight excluding hydrogens is 1640 g/mol. The molecular formula is C96H142N14O18. The first-order valence-electron chi connectivity index (χ1n) is 45.7. The molecule has 32 heteroatoms. The fourth-order valence-electron chi connectivity index (χ4n) is 15.9. The molecule has 4 aromatic rings. The molecule has 128 heavy (non-hydrogen) atoms. The number of unbranched alkanes of at least 4 members (excludes halogenated alkanes) is 12. The van der Waals surface area contributed by atoms with Crippen LogP contribution in [0.2, 0.25) is 0 Å². The van der Waals surface area contributed by atoms with E-state index in [1.54, 1.807) is 86.6 Å². The molecule has 18 N–H and O–H groups in total. The molecule has 2 aliphatic heterocycles. The highest BCUT2D eigenvalue weighted by molar-refractivity contribution is 6.00. The van der Waals surface area contributed by atoms with E-state index in [9.17, 15) is 78.3 Å². The Morgan fingerprint density at radius 2 is 0.766 bits per heavy atom. The van der Waals surface area contributed by atoms with E-state index in [0.29, 0.717) is 80.3 Å².